The smallest absolute Gasteiger partial charge is 0.239 e. The van der Waals surface area contributed by atoms with Gasteiger partial charge < -0.3 is 20.5 Å². The van der Waals surface area contributed by atoms with Gasteiger partial charge in [-0.25, -0.2) is 0 Å². The molecule has 2 atom stereocenters. The topological polar surface area (TPSA) is 75.8 Å². The zero-order chi connectivity index (χ0) is 12.1. The summed E-state index contributed by atoms with van der Waals surface area (Å²) in [7, 11) is 0. The molecule has 0 saturated carbocycles. The van der Waals surface area contributed by atoms with Gasteiger partial charge in [-0.3, -0.25) is 4.79 Å². The molecule has 5 heteroatoms. The van der Waals surface area contributed by atoms with Crippen molar-refractivity contribution in [2.75, 3.05) is 26.4 Å². The summed E-state index contributed by atoms with van der Waals surface area (Å²) in [5.74, 6) is 0.323. The van der Waals surface area contributed by atoms with Crippen LogP contribution in [0.25, 0.3) is 0 Å². The van der Waals surface area contributed by atoms with Crippen LogP contribution in [0.2, 0.25) is 0 Å². The van der Waals surface area contributed by atoms with Gasteiger partial charge in [-0.2, -0.15) is 0 Å². The molecular formula is C11H22N2O3. The van der Waals surface area contributed by atoms with Gasteiger partial charge in [0, 0.05) is 6.54 Å². The highest BCUT2D eigenvalue weighted by Crippen LogP contribution is 2.11. The Kier molecular flexibility index (Phi) is 5.18. The van der Waals surface area contributed by atoms with Crippen LogP contribution < -0.4 is 5.73 Å². The Morgan fingerprint density at radius 3 is 2.88 bits per heavy atom. The second-order valence-corrected chi connectivity index (χ2v) is 4.68. The van der Waals surface area contributed by atoms with Crippen LogP contribution in [0.1, 0.15) is 20.3 Å². The average molecular weight is 230 g/mol. The number of ether oxygens (including phenoxy) is 1. The standard InChI is InChI=1S/C11H22N2O3/c1-8(2)5-10(12)11(15)13-3-4-16-7-9(13)6-14/h8-10,14H,3-7,12H2,1-2H3/t9?,10-/m1/s1. The molecule has 1 aliphatic rings. The molecule has 0 spiro atoms. The Labute approximate surface area is 96.6 Å². The first kappa shape index (κ1) is 13.4. The summed E-state index contributed by atoms with van der Waals surface area (Å²) < 4.78 is 5.22. The van der Waals surface area contributed by atoms with E-state index in [2.05, 4.69) is 0 Å². The van der Waals surface area contributed by atoms with Gasteiger partial charge in [0.2, 0.25) is 5.91 Å². The van der Waals surface area contributed by atoms with E-state index in [4.69, 9.17) is 15.6 Å². The highest BCUT2D eigenvalue weighted by atomic mass is 16.5. The Morgan fingerprint density at radius 2 is 2.31 bits per heavy atom. The summed E-state index contributed by atoms with van der Waals surface area (Å²) in [6.07, 6.45) is 0.675. The lowest BCUT2D eigenvalue weighted by atomic mass is 10.0. The van der Waals surface area contributed by atoms with Crippen LogP contribution in [0, 0.1) is 5.92 Å². The largest absolute Gasteiger partial charge is 0.394 e. The van der Waals surface area contributed by atoms with Crippen molar-refractivity contribution < 1.29 is 14.6 Å². The van der Waals surface area contributed by atoms with E-state index in [1.165, 1.54) is 0 Å². The summed E-state index contributed by atoms with van der Waals surface area (Å²) >= 11 is 0. The van der Waals surface area contributed by atoms with Crippen molar-refractivity contribution in [3.63, 3.8) is 0 Å². The van der Waals surface area contributed by atoms with Crippen LogP contribution in [-0.4, -0.2) is 54.4 Å². The average Bonchev–Trinajstić information content (AvgIpc) is 2.27. The lowest BCUT2D eigenvalue weighted by Gasteiger charge is -2.36. The van der Waals surface area contributed by atoms with Crippen LogP contribution in [0.15, 0.2) is 0 Å². The fourth-order valence-corrected chi connectivity index (χ4v) is 1.92. The normalized spacial score (nSPS) is 23.6. The quantitative estimate of drug-likeness (QED) is 0.688. The zero-order valence-electron chi connectivity index (χ0n) is 10.1. The molecule has 94 valence electrons. The summed E-state index contributed by atoms with van der Waals surface area (Å²) in [5.41, 5.74) is 5.85. The molecule has 5 nitrogen and oxygen atoms in total. The molecule has 0 aliphatic carbocycles. The molecule has 1 unspecified atom stereocenters. The lowest BCUT2D eigenvalue weighted by molar-refractivity contribution is -0.143. The molecule has 1 fully saturated rings. The second kappa shape index (κ2) is 6.18. The van der Waals surface area contributed by atoms with Gasteiger partial charge >= 0.3 is 0 Å². The predicted molar refractivity (Wildman–Crippen MR) is 60.8 cm³/mol. The number of hydrogen-bond donors (Lipinski definition) is 2. The third-order valence-electron chi connectivity index (χ3n) is 2.76. The molecule has 1 aliphatic heterocycles. The highest BCUT2D eigenvalue weighted by molar-refractivity contribution is 5.82. The molecule has 1 amide bonds. The minimum Gasteiger partial charge on any atom is -0.394 e. The summed E-state index contributed by atoms with van der Waals surface area (Å²) in [4.78, 5) is 13.7. The number of nitrogens with zero attached hydrogens (tertiary/aromatic N) is 1. The maximum Gasteiger partial charge on any atom is 0.239 e. The molecule has 0 aromatic carbocycles. The van der Waals surface area contributed by atoms with E-state index in [0.29, 0.717) is 32.1 Å². The zero-order valence-corrected chi connectivity index (χ0v) is 10.1. The molecule has 1 saturated heterocycles. The van der Waals surface area contributed by atoms with Crippen molar-refractivity contribution in [2.45, 2.75) is 32.4 Å². The van der Waals surface area contributed by atoms with Crippen molar-refractivity contribution in [1.29, 1.82) is 0 Å². The van der Waals surface area contributed by atoms with Gasteiger partial charge in [-0.15, -0.1) is 0 Å². The molecule has 1 heterocycles. The van der Waals surface area contributed by atoms with Crippen LogP contribution >= 0.6 is 0 Å². The van der Waals surface area contributed by atoms with Crippen molar-refractivity contribution in [3.8, 4) is 0 Å². The molecule has 0 aromatic rings. The van der Waals surface area contributed by atoms with Gasteiger partial charge in [0.25, 0.3) is 0 Å². The third kappa shape index (κ3) is 3.43. The fraction of sp³-hybridized carbons (Fsp3) is 0.909. The molecule has 0 bridgehead atoms. The van der Waals surface area contributed by atoms with Gasteiger partial charge in [-0.1, -0.05) is 13.8 Å². The molecule has 3 N–H and O–H groups in total. The SMILES string of the molecule is CC(C)C[C@@H](N)C(=O)N1CCOCC1CO. The van der Waals surface area contributed by atoms with E-state index in [1.807, 2.05) is 13.8 Å². The van der Waals surface area contributed by atoms with Crippen LogP contribution in [-0.2, 0) is 9.53 Å². The van der Waals surface area contributed by atoms with Crippen molar-refractivity contribution in [1.82, 2.24) is 4.90 Å². The van der Waals surface area contributed by atoms with Gasteiger partial charge in [-0.05, 0) is 12.3 Å². The van der Waals surface area contributed by atoms with Crippen molar-refractivity contribution in [3.05, 3.63) is 0 Å². The predicted octanol–water partition coefficient (Wildman–Crippen LogP) is -0.420. The Morgan fingerprint density at radius 1 is 1.62 bits per heavy atom. The minimum atomic E-state index is -0.466. The van der Waals surface area contributed by atoms with Crippen molar-refractivity contribution >= 4 is 5.91 Å². The van der Waals surface area contributed by atoms with Crippen LogP contribution in [0.3, 0.4) is 0 Å². The first-order chi connectivity index (χ1) is 7.56. The van der Waals surface area contributed by atoms with E-state index >= 15 is 0 Å². The lowest BCUT2D eigenvalue weighted by Crippen LogP contribution is -2.55. The number of aliphatic hydroxyl groups is 1. The number of carbonyl (C=O) groups excluding carboxylic acids is 1. The summed E-state index contributed by atoms with van der Waals surface area (Å²) in [5, 5.41) is 9.16. The van der Waals surface area contributed by atoms with Gasteiger partial charge in [0.05, 0.1) is 31.9 Å². The maximum absolute atomic E-state index is 12.0. The molecule has 0 radical (unpaired) electrons. The van der Waals surface area contributed by atoms with E-state index in [0.717, 1.165) is 0 Å². The Balaban J connectivity index is 2.56. The molecule has 0 aromatic heterocycles. The first-order valence-electron chi connectivity index (χ1n) is 5.81. The van der Waals surface area contributed by atoms with Crippen LogP contribution in [0.5, 0.6) is 0 Å². The Hall–Kier alpha value is -0.650. The second-order valence-electron chi connectivity index (χ2n) is 4.68. The van der Waals surface area contributed by atoms with E-state index in [9.17, 15) is 4.79 Å². The van der Waals surface area contributed by atoms with Gasteiger partial charge in [0.1, 0.15) is 0 Å². The number of rotatable bonds is 4. The third-order valence-corrected chi connectivity index (χ3v) is 2.76. The number of hydrogen-bond acceptors (Lipinski definition) is 4. The first-order valence-corrected chi connectivity index (χ1v) is 5.81. The van der Waals surface area contributed by atoms with E-state index in [-0.39, 0.29) is 18.6 Å². The van der Waals surface area contributed by atoms with E-state index in [1.54, 1.807) is 4.90 Å². The fourth-order valence-electron chi connectivity index (χ4n) is 1.92. The monoisotopic (exact) mass is 230 g/mol. The number of nitrogens with two attached hydrogens (primary N) is 1. The van der Waals surface area contributed by atoms with E-state index < -0.39 is 6.04 Å². The van der Waals surface area contributed by atoms with Crippen molar-refractivity contribution in [2.24, 2.45) is 11.7 Å². The number of amides is 1. The summed E-state index contributed by atoms with van der Waals surface area (Å²) in [6.45, 7) is 5.45. The number of carbonyl (C=O) groups is 1. The Bertz CT molecular complexity index is 233. The highest BCUT2D eigenvalue weighted by Gasteiger charge is 2.30. The maximum atomic E-state index is 12.0. The minimum absolute atomic E-state index is 0.0693. The number of aliphatic hydroxyl groups excluding tert-OH is 1. The van der Waals surface area contributed by atoms with Crippen LogP contribution in [0.4, 0.5) is 0 Å². The molecule has 16 heavy (non-hydrogen) atoms. The number of morpholine rings is 1. The molecule has 1 rings (SSSR count). The van der Waals surface area contributed by atoms with Gasteiger partial charge in [0.15, 0.2) is 0 Å². The molecular weight excluding hydrogens is 208 g/mol. The summed E-state index contributed by atoms with van der Waals surface area (Å²) in [6, 6.07) is -0.702.